The highest BCUT2D eigenvalue weighted by molar-refractivity contribution is 4.73. The van der Waals surface area contributed by atoms with Crippen LogP contribution < -0.4 is 5.73 Å². The summed E-state index contributed by atoms with van der Waals surface area (Å²) in [7, 11) is 0. The van der Waals surface area contributed by atoms with Crippen molar-refractivity contribution in [1.29, 1.82) is 0 Å². The molecule has 3 heteroatoms. The molecule has 4 atom stereocenters. The van der Waals surface area contributed by atoms with Gasteiger partial charge in [0, 0.05) is 12.5 Å². The van der Waals surface area contributed by atoms with Crippen LogP contribution >= 0.6 is 0 Å². The molecule has 1 aliphatic rings. The lowest BCUT2D eigenvalue weighted by Crippen LogP contribution is -2.41. The Bertz CT molecular complexity index is 142. The highest BCUT2D eigenvalue weighted by atomic mass is 16.7. The van der Waals surface area contributed by atoms with Crippen LogP contribution in [0.1, 0.15) is 40.0 Å². The third kappa shape index (κ3) is 3.63. The van der Waals surface area contributed by atoms with Gasteiger partial charge >= 0.3 is 0 Å². The normalized spacial score (nSPS) is 37.4. The summed E-state index contributed by atoms with van der Waals surface area (Å²) in [5.41, 5.74) is 5.87. The molecule has 1 rings (SSSR count). The number of rotatable bonds is 3. The second-order valence-corrected chi connectivity index (χ2v) is 3.96. The van der Waals surface area contributed by atoms with Gasteiger partial charge in [0.15, 0.2) is 6.29 Å². The van der Waals surface area contributed by atoms with Crippen LogP contribution in [0.5, 0.6) is 0 Å². The van der Waals surface area contributed by atoms with Gasteiger partial charge in [-0.05, 0) is 26.7 Å². The van der Waals surface area contributed by atoms with E-state index in [9.17, 15) is 0 Å². The lowest BCUT2D eigenvalue weighted by atomic mass is 10.0. The molecule has 1 aliphatic heterocycles. The molecular weight excluding hydrogens is 166 g/mol. The van der Waals surface area contributed by atoms with Gasteiger partial charge in [0.1, 0.15) is 0 Å². The molecular formula is C10H21NO2. The Kier molecular flexibility index (Phi) is 4.16. The average Bonchev–Trinajstić information content (AvgIpc) is 2.02. The van der Waals surface area contributed by atoms with Crippen LogP contribution in [-0.4, -0.2) is 24.5 Å². The largest absolute Gasteiger partial charge is 0.350 e. The molecule has 0 aromatic carbocycles. The summed E-state index contributed by atoms with van der Waals surface area (Å²) in [6, 6.07) is 0.234. The fourth-order valence-corrected chi connectivity index (χ4v) is 1.58. The van der Waals surface area contributed by atoms with E-state index in [1.54, 1.807) is 0 Å². The van der Waals surface area contributed by atoms with E-state index in [1.165, 1.54) is 0 Å². The zero-order chi connectivity index (χ0) is 9.84. The van der Waals surface area contributed by atoms with Crippen molar-refractivity contribution in [1.82, 2.24) is 0 Å². The van der Waals surface area contributed by atoms with Crippen molar-refractivity contribution in [3.05, 3.63) is 0 Å². The van der Waals surface area contributed by atoms with E-state index in [4.69, 9.17) is 15.2 Å². The fourth-order valence-electron chi connectivity index (χ4n) is 1.58. The van der Waals surface area contributed by atoms with Crippen molar-refractivity contribution in [3.63, 3.8) is 0 Å². The summed E-state index contributed by atoms with van der Waals surface area (Å²) in [6.07, 6.45) is 3.20. The maximum absolute atomic E-state index is 5.87. The molecule has 0 aromatic rings. The smallest absolute Gasteiger partial charge is 0.159 e. The molecule has 0 saturated carbocycles. The van der Waals surface area contributed by atoms with Crippen LogP contribution in [0.2, 0.25) is 0 Å². The molecule has 1 fully saturated rings. The Balaban J connectivity index is 2.32. The second-order valence-electron chi connectivity index (χ2n) is 3.96. The molecule has 0 radical (unpaired) electrons. The van der Waals surface area contributed by atoms with E-state index in [0.717, 1.165) is 19.3 Å². The predicted octanol–water partition coefficient (Wildman–Crippen LogP) is 1.65. The minimum atomic E-state index is -0.0892. The summed E-state index contributed by atoms with van der Waals surface area (Å²) in [5, 5.41) is 0. The number of hydrogen-bond donors (Lipinski definition) is 1. The van der Waals surface area contributed by atoms with Crippen LogP contribution in [0.4, 0.5) is 0 Å². The van der Waals surface area contributed by atoms with E-state index in [2.05, 4.69) is 13.8 Å². The molecule has 78 valence electrons. The van der Waals surface area contributed by atoms with E-state index < -0.39 is 0 Å². The first-order valence-electron chi connectivity index (χ1n) is 5.18. The molecule has 2 N–H and O–H groups in total. The highest BCUT2D eigenvalue weighted by Crippen LogP contribution is 2.20. The monoisotopic (exact) mass is 187 g/mol. The molecule has 3 nitrogen and oxygen atoms in total. The molecule has 0 amide bonds. The maximum Gasteiger partial charge on any atom is 0.159 e. The van der Waals surface area contributed by atoms with Crippen LogP contribution in [0.15, 0.2) is 0 Å². The third-order valence-electron chi connectivity index (χ3n) is 2.47. The third-order valence-corrected chi connectivity index (χ3v) is 2.47. The Hall–Kier alpha value is -0.120. The SMILES string of the molecule is CCC(C)OC1CC(N)CC(C)O1. The van der Waals surface area contributed by atoms with Crippen molar-refractivity contribution < 1.29 is 9.47 Å². The van der Waals surface area contributed by atoms with Crippen molar-refractivity contribution in [2.45, 2.75) is 64.6 Å². The van der Waals surface area contributed by atoms with Crippen molar-refractivity contribution in [2.75, 3.05) is 0 Å². The summed E-state index contributed by atoms with van der Waals surface area (Å²) in [6.45, 7) is 6.22. The van der Waals surface area contributed by atoms with E-state index in [-0.39, 0.29) is 24.5 Å². The summed E-state index contributed by atoms with van der Waals surface area (Å²) >= 11 is 0. The average molecular weight is 187 g/mol. The quantitative estimate of drug-likeness (QED) is 0.730. The van der Waals surface area contributed by atoms with Gasteiger partial charge in [0.25, 0.3) is 0 Å². The first kappa shape index (κ1) is 11.0. The van der Waals surface area contributed by atoms with Gasteiger partial charge in [-0.3, -0.25) is 0 Å². The summed E-state index contributed by atoms with van der Waals surface area (Å²) in [5.74, 6) is 0. The Morgan fingerprint density at radius 1 is 1.54 bits per heavy atom. The van der Waals surface area contributed by atoms with Gasteiger partial charge in [-0.15, -0.1) is 0 Å². The van der Waals surface area contributed by atoms with Gasteiger partial charge in [-0.25, -0.2) is 0 Å². The molecule has 0 bridgehead atoms. The van der Waals surface area contributed by atoms with Gasteiger partial charge in [-0.2, -0.15) is 0 Å². The molecule has 1 heterocycles. The first-order chi connectivity index (χ1) is 6.11. The zero-order valence-corrected chi connectivity index (χ0v) is 8.82. The number of hydrogen-bond acceptors (Lipinski definition) is 3. The number of ether oxygens (including phenoxy) is 2. The van der Waals surface area contributed by atoms with E-state index >= 15 is 0 Å². The van der Waals surface area contributed by atoms with Crippen molar-refractivity contribution in [3.8, 4) is 0 Å². The second kappa shape index (κ2) is 4.94. The van der Waals surface area contributed by atoms with Crippen LogP contribution in [-0.2, 0) is 9.47 Å². The van der Waals surface area contributed by atoms with Crippen molar-refractivity contribution in [2.24, 2.45) is 5.73 Å². The van der Waals surface area contributed by atoms with E-state index in [0.29, 0.717) is 0 Å². The zero-order valence-electron chi connectivity index (χ0n) is 8.82. The standard InChI is InChI=1S/C10H21NO2/c1-4-7(2)12-10-6-9(11)5-8(3)13-10/h7-10H,4-6,11H2,1-3H3. The fraction of sp³-hybridized carbons (Fsp3) is 1.00. The van der Waals surface area contributed by atoms with Gasteiger partial charge in [-0.1, -0.05) is 6.92 Å². The van der Waals surface area contributed by atoms with Gasteiger partial charge < -0.3 is 15.2 Å². The topological polar surface area (TPSA) is 44.5 Å². The predicted molar refractivity (Wildman–Crippen MR) is 52.4 cm³/mol. The molecule has 0 aromatic heterocycles. The molecule has 0 spiro atoms. The number of nitrogens with two attached hydrogens (primary N) is 1. The molecule has 1 saturated heterocycles. The molecule has 0 aliphatic carbocycles. The maximum atomic E-state index is 5.87. The van der Waals surface area contributed by atoms with Crippen LogP contribution in [0.3, 0.4) is 0 Å². The first-order valence-corrected chi connectivity index (χ1v) is 5.18. The van der Waals surface area contributed by atoms with Crippen molar-refractivity contribution >= 4 is 0 Å². The lowest BCUT2D eigenvalue weighted by molar-refractivity contribution is -0.211. The van der Waals surface area contributed by atoms with Crippen LogP contribution in [0, 0.1) is 0 Å². The summed E-state index contributed by atoms with van der Waals surface area (Å²) < 4.78 is 11.3. The van der Waals surface area contributed by atoms with Crippen LogP contribution in [0.25, 0.3) is 0 Å². The Morgan fingerprint density at radius 3 is 2.77 bits per heavy atom. The Morgan fingerprint density at radius 2 is 2.23 bits per heavy atom. The molecule has 13 heavy (non-hydrogen) atoms. The summed E-state index contributed by atoms with van der Waals surface area (Å²) in [4.78, 5) is 0. The molecule has 4 unspecified atom stereocenters. The van der Waals surface area contributed by atoms with Gasteiger partial charge in [0.05, 0.1) is 12.2 Å². The van der Waals surface area contributed by atoms with Gasteiger partial charge in [0.2, 0.25) is 0 Å². The van der Waals surface area contributed by atoms with E-state index in [1.807, 2.05) is 6.92 Å². The minimum absolute atomic E-state index is 0.0892. The Labute approximate surface area is 80.6 Å². The lowest BCUT2D eigenvalue weighted by Gasteiger charge is -2.33. The highest BCUT2D eigenvalue weighted by Gasteiger charge is 2.26. The minimum Gasteiger partial charge on any atom is -0.350 e.